The second-order valence-corrected chi connectivity index (χ2v) is 16.3. The molecule has 0 radical (unpaired) electrons. The Hall–Kier alpha value is -1.96. The summed E-state index contributed by atoms with van der Waals surface area (Å²) in [4.78, 5) is 0. The van der Waals surface area contributed by atoms with Gasteiger partial charge in [0.05, 0.1) is 0 Å². The quantitative estimate of drug-likeness (QED) is 0.300. The van der Waals surface area contributed by atoms with E-state index in [0.29, 0.717) is 9.52 Å². The Kier molecular flexibility index (Phi) is 10.5. The summed E-state index contributed by atoms with van der Waals surface area (Å²) in [5.74, 6) is 0. The monoisotopic (exact) mass is 642 g/mol. The number of hydrogen-bond acceptors (Lipinski definition) is 0. The molecule has 0 amide bonds. The van der Waals surface area contributed by atoms with E-state index in [2.05, 4.69) is 111 Å². The van der Waals surface area contributed by atoms with Crippen molar-refractivity contribution in [3.63, 3.8) is 0 Å². The number of benzene rings is 4. The van der Waals surface area contributed by atoms with Crippen LogP contribution in [0.2, 0.25) is 12.1 Å². The maximum atomic E-state index is 2.46. The van der Waals surface area contributed by atoms with Gasteiger partial charge in [0.2, 0.25) is 0 Å². The Bertz CT molecular complexity index is 1490. The Morgan fingerprint density at radius 2 is 0.949 bits per heavy atom. The molecule has 4 aromatic rings. The third kappa shape index (κ3) is 6.52. The summed E-state index contributed by atoms with van der Waals surface area (Å²) in [6.07, 6.45) is 8.74. The molecule has 0 atom stereocenters. The van der Waals surface area contributed by atoms with Crippen LogP contribution in [0.3, 0.4) is 0 Å². The van der Waals surface area contributed by atoms with Crippen molar-refractivity contribution in [3.05, 3.63) is 126 Å². The van der Waals surface area contributed by atoms with Crippen LogP contribution >= 0.6 is 0 Å². The number of allylic oxidation sites excluding steroid dienone is 8. The van der Waals surface area contributed by atoms with Crippen LogP contribution in [0.25, 0.3) is 32.7 Å². The van der Waals surface area contributed by atoms with Gasteiger partial charge in [-0.25, -0.2) is 0 Å². The van der Waals surface area contributed by atoms with Crippen molar-refractivity contribution in [2.45, 2.75) is 45.2 Å². The van der Waals surface area contributed by atoms with E-state index in [1.807, 2.05) is 0 Å². The zero-order chi connectivity index (χ0) is 25.2. The Balaban J connectivity index is 0.000000542. The molecule has 1 fully saturated rings. The summed E-state index contributed by atoms with van der Waals surface area (Å²) < 4.78 is 3.48. The maximum Gasteiger partial charge on any atom is -1.00 e. The van der Waals surface area contributed by atoms with Crippen molar-refractivity contribution in [2.24, 2.45) is 0 Å². The summed E-state index contributed by atoms with van der Waals surface area (Å²) in [5.41, 5.74) is 8.85. The second kappa shape index (κ2) is 13.6. The van der Waals surface area contributed by atoms with Gasteiger partial charge in [-0.05, 0) is 0 Å². The average Bonchev–Trinajstić information content (AvgIpc) is 3.44. The molecule has 0 bridgehead atoms. The number of rotatable bonds is 4. The van der Waals surface area contributed by atoms with Crippen LogP contribution in [0, 0.1) is 0 Å². The molecule has 1 aliphatic heterocycles. The van der Waals surface area contributed by atoms with E-state index in [-0.39, 0.29) is 24.8 Å². The molecule has 196 valence electrons. The molecular weight excluding hydrogens is 611 g/mol. The van der Waals surface area contributed by atoms with Gasteiger partial charge in [0.25, 0.3) is 0 Å². The Labute approximate surface area is 259 Å². The van der Waals surface area contributed by atoms with E-state index in [1.54, 1.807) is 25.1 Å². The summed E-state index contributed by atoms with van der Waals surface area (Å²) in [6, 6.07) is 34.3. The van der Waals surface area contributed by atoms with Crippen LogP contribution in [-0.2, 0) is 23.2 Å². The van der Waals surface area contributed by atoms with Crippen molar-refractivity contribution in [1.82, 2.24) is 0 Å². The zero-order valence-corrected chi connectivity index (χ0v) is 28.1. The molecule has 1 heterocycles. The fraction of sp³-hybridized carbons (Fsp3) is 0.200. The molecule has 0 aromatic heterocycles. The summed E-state index contributed by atoms with van der Waals surface area (Å²) in [6.45, 7) is 4.66. The van der Waals surface area contributed by atoms with Crippen LogP contribution in [0.1, 0.15) is 44.2 Å². The molecule has 0 unspecified atom stereocenters. The van der Waals surface area contributed by atoms with Gasteiger partial charge < -0.3 is 24.8 Å². The molecule has 3 aliphatic rings. The molecule has 4 heteroatoms. The van der Waals surface area contributed by atoms with E-state index >= 15 is 0 Å². The fourth-order valence-corrected chi connectivity index (χ4v) is 9.62. The van der Waals surface area contributed by atoms with Crippen LogP contribution in [-0.4, -0.2) is 9.52 Å². The van der Waals surface area contributed by atoms with E-state index in [4.69, 9.17) is 0 Å². The summed E-state index contributed by atoms with van der Waals surface area (Å²) in [5, 5.41) is 5.42. The first kappa shape index (κ1) is 30.0. The van der Waals surface area contributed by atoms with Gasteiger partial charge in [0, 0.05) is 9.52 Å². The third-order valence-corrected chi connectivity index (χ3v) is 14.3. The number of halogens is 2. The molecule has 0 nitrogen and oxygen atoms in total. The number of hydrogen-bond donors (Lipinski definition) is 0. The minimum atomic E-state index is -0.794. The number of fused-ring (bicyclic) bond motifs is 2. The third-order valence-electron chi connectivity index (χ3n) is 8.04. The van der Waals surface area contributed by atoms with Crippen molar-refractivity contribution < 1.29 is 48.0 Å². The first-order valence-corrected chi connectivity index (χ1v) is 18.2. The molecular formula is C35H34Cl2SiZr. The van der Waals surface area contributed by atoms with Gasteiger partial charge in [-0.15, -0.1) is 0 Å². The average molecular weight is 645 g/mol. The summed E-state index contributed by atoms with van der Waals surface area (Å²) in [7, 11) is 0.605. The largest absolute Gasteiger partial charge is 1.00 e. The maximum absolute atomic E-state index is 2.46. The zero-order valence-electron chi connectivity index (χ0n) is 22.7. The molecule has 39 heavy (non-hydrogen) atoms. The first-order valence-electron chi connectivity index (χ1n) is 13.7. The smallest absolute Gasteiger partial charge is 1.00 e. The van der Waals surface area contributed by atoms with Crippen LogP contribution < -0.4 is 24.8 Å². The Morgan fingerprint density at radius 3 is 1.36 bits per heavy atom. The molecule has 7 rings (SSSR count). The summed E-state index contributed by atoms with van der Waals surface area (Å²) >= 11 is -0.794. The minimum absolute atomic E-state index is 0. The SMILES string of the molecule is C1C[SiH2]C1.CC1=[C]([Zr+2][C]2=C(C)C=C(c3cccc4ccccc34)C2)CC(c2cccc3ccccc23)=C1.[Cl-].[Cl-]. The topological polar surface area (TPSA) is 0 Å². The van der Waals surface area contributed by atoms with E-state index in [0.717, 1.165) is 12.8 Å². The predicted molar refractivity (Wildman–Crippen MR) is 161 cm³/mol. The predicted octanol–water partition coefficient (Wildman–Crippen LogP) is 3.30. The molecule has 0 N–H and O–H groups in total. The molecule has 2 aliphatic carbocycles. The van der Waals surface area contributed by atoms with Gasteiger partial charge in [-0.3, -0.25) is 0 Å². The van der Waals surface area contributed by atoms with Gasteiger partial charge in [0.1, 0.15) is 0 Å². The van der Waals surface area contributed by atoms with Crippen LogP contribution in [0.15, 0.2) is 115 Å². The molecule has 1 saturated heterocycles. The van der Waals surface area contributed by atoms with Crippen LogP contribution in [0.4, 0.5) is 0 Å². The van der Waals surface area contributed by atoms with Crippen LogP contribution in [0.5, 0.6) is 0 Å². The van der Waals surface area contributed by atoms with Crippen molar-refractivity contribution in [1.29, 1.82) is 0 Å². The standard InChI is InChI=1S/2C16H13.C3H8Si.2ClH.Zr/c2*1-12-9-10-14(11-12)16-8-4-6-13-5-2-3-7-15(13)16;1-2-4-3-1;;;/h2*2-8,11H,10H2,1H3;1-4H2;2*1H;/q;;;;;+2/p-2. The van der Waals surface area contributed by atoms with E-state index < -0.39 is 23.2 Å². The van der Waals surface area contributed by atoms with E-state index in [1.165, 1.54) is 55.0 Å². The normalized spacial score (nSPS) is 15.9. The molecule has 4 aromatic carbocycles. The minimum Gasteiger partial charge on any atom is -1.00 e. The van der Waals surface area contributed by atoms with Gasteiger partial charge in [0.15, 0.2) is 0 Å². The van der Waals surface area contributed by atoms with Crippen molar-refractivity contribution in [2.75, 3.05) is 0 Å². The van der Waals surface area contributed by atoms with Crippen molar-refractivity contribution >= 4 is 42.2 Å². The van der Waals surface area contributed by atoms with Crippen molar-refractivity contribution in [3.8, 4) is 0 Å². The molecule has 0 saturated carbocycles. The second-order valence-electron chi connectivity index (χ2n) is 10.6. The van der Waals surface area contributed by atoms with E-state index in [9.17, 15) is 0 Å². The fourth-order valence-electron chi connectivity index (χ4n) is 5.53. The van der Waals surface area contributed by atoms with Gasteiger partial charge in [-0.2, -0.15) is 0 Å². The Morgan fingerprint density at radius 1 is 0.564 bits per heavy atom. The van der Waals surface area contributed by atoms with Gasteiger partial charge >= 0.3 is 209 Å². The first-order chi connectivity index (χ1) is 18.2. The molecule has 0 spiro atoms. The van der Waals surface area contributed by atoms with Gasteiger partial charge in [-0.1, -0.05) is 18.5 Å².